The van der Waals surface area contributed by atoms with Gasteiger partial charge >= 0.3 is 5.69 Å². The number of benzene rings is 1. The number of nitriles is 1. The minimum atomic E-state index is -0.320. The van der Waals surface area contributed by atoms with Crippen molar-refractivity contribution in [2.45, 2.75) is 44.5 Å². The number of rotatable bonds is 7. The molecule has 9 nitrogen and oxygen atoms in total. The quantitative estimate of drug-likeness (QED) is 0.532. The second-order valence-corrected chi connectivity index (χ2v) is 8.55. The lowest BCUT2D eigenvalue weighted by Crippen LogP contribution is -2.25. The summed E-state index contributed by atoms with van der Waals surface area (Å²) < 4.78 is 8.99. The molecular formula is C22H24N6O3S. The van der Waals surface area contributed by atoms with Crippen LogP contribution in [0, 0.1) is 25.2 Å². The van der Waals surface area contributed by atoms with Crippen LogP contribution in [0.2, 0.25) is 0 Å². The van der Waals surface area contributed by atoms with Gasteiger partial charge in [-0.2, -0.15) is 5.26 Å². The molecule has 4 rings (SSSR count). The average Bonchev–Trinajstić information content (AvgIpc) is 3.49. The third-order valence-corrected chi connectivity index (χ3v) is 6.54. The number of nitrogens with zero attached hydrogens (tertiary/aromatic N) is 4. The summed E-state index contributed by atoms with van der Waals surface area (Å²) in [6.45, 7) is 4.89. The number of anilines is 1. The molecule has 0 radical (unpaired) electrons. The molecular weight excluding hydrogens is 428 g/mol. The number of amides is 1. The maximum Gasteiger partial charge on any atom is 0.344 e. The Morgan fingerprint density at radius 2 is 2.16 bits per heavy atom. The molecule has 0 aliphatic carbocycles. The molecule has 0 spiro atoms. The molecule has 1 unspecified atom stereocenters. The van der Waals surface area contributed by atoms with Gasteiger partial charge in [0.15, 0.2) is 5.16 Å². The van der Waals surface area contributed by atoms with E-state index in [1.54, 1.807) is 0 Å². The van der Waals surface area contributed by atoms with E-state index in [2.05, 4.69) is 21.6 Å². The Bertz CT molecular complexity index is 1220. The first-order chi connectivity index (χ1) is 15.5. The third kappa shape index (κ3) is 4.35. The van der Waals surface area contributed by atoms with Gasteiger partial charge in [0.05, 0.1) is 24.0 Å². The van der Waals surface area contributed by atoms with Crippen molar-refractivity contribution in [2.24, 2.45) is 0 Å². The summed E-state index contributed by atoms with van der Waals surface area (Å²) in [6, 6.07) is 11.8. The topological polar surface area (TPSA) is 118 Å². The monoisotopic (exact) mass is 452 g/mol. The molecule has 0 bridgehead atoms. The Morgan fingerprint density at radius 3 is 2.84 bits per heavy atom. The SMILES string of the molecule is Cc1c(C#N)c(NC(=O)CSc2n[nH]c(=O)n2CC2CCCO2)n(-c2ccccc2)c1C. The zero-order valence-electron chi connectivity index (χ0n) is 17.9. The highest BCUT2D eigenvalue weighted by Gasteiger charge is 2.22. The minimum Gasteiger partial charge on any atom is -0.376 e. The molecule has 1 fully saturated rings. The van der Waals surface area contributed by atoms with Crippen molar-refractivity contribution in [3.05, 3.63) is 57.6 Å². The van der Waals surface area contributed by atoms with Crippen molar-refractivity contribution in [1.29, 1.82) is 5.26 Å². The molecule has 3 heterocycles. The van der Waals surface area contributed by atoms with Crippen LogP contribution in [0.15, 0.2) is 40.3 Å². The lowest BCUT2D eigenvalue weighted by molar-refractivity contribution is -0.113. The van der Waals surface area contributed by atoms with Crippen molar-refractivity contribution in [3.8, 4) is 11.8 Å². The minimum absolute atomic E-state index is 0.0169. The molecule has 1 amide bonds. The number of carbonyl (C=O) groups excluding carboxylic acids is 1. The number of aromatic nitrogens is 4. The van der Waals surface area contributed by atoms with Crippen molar-refractivity contribution in [2.75, 3.05) is 17.7 Å². The summed E-state index contributed by atoms with van der Waals surface area (Å²) in [5, 5.41) is 19.5. The second-order valence-electron chi connectivity index (χ2n) is 7.61. The van der Waals surface area contributed by atoms with E-state index in [0.29, 0.717) is 29.7 Å². The van der Waals surface area contributed by atoms with Gasteiger partial charge in [-0.1, -0.05) is 30.0 Å². The van der Waals surface area contributed by atoms with Crippen LogP contribution in [0.25, 0.3) is 5.69 Å². The zero-order valence-corrected chi connectivity index (χ0v) is 18.7. The highest BCUT2D eigenvalue weighted by Crippen LogP contribution is 2.30. The number of hydrogen-bond acceptors (Lipinski definition) is 6. The molecule has 1 aliphatic heterocycles. The average molecular weight is 453 g/mol. The van der Waals surface area contributed by atoms with Crippen LogP contribution in [-0.2, 0) is 16.1 Å². The van der Waals surface area contributed by atoms with Gasteiger partial charge in [-0.05, 0) is 44.4 Å². The predicted molar refractivity (Wildman–Crippen MR) is 121 cm³/mol. The maximum atomic E-state index is 12.8. The van der Waals surface area contributed by atoms with Crippen LogP contribution in [-0.4, -0.2) is 43.7 Å². The maximum absolute atomic E-state index is 12.8. The largest absolute Gasteiger partial charge is 0.376 e. The van der Waals surface area contributed by atoms with Gasteiger partial charge in [0.2, 0.25) is 5.91 Å². The Hall–Kier alpha value is -3.29. The Balaban J connectivity index is 1.52. The molecule has 1 aromatic carbocycles. The summed E-state index contributed by atoms with van der Waals surface area (Å²) in [7, 11) is 0. The van der Waals surface area contributed by atoms with E-state index >= 15 is 0 Å². The van der Waals surface area contributed by atoms with Crippen LogP contribution >= 0.6 is 11.8 Å². The van der Waals surface area contributed by atoms with Gasteiger partial charge in [0.25, 0.3) is 0 Å². The van der Waals surface area contributed by atoms with Crippen molar-refractivity contribution in [3.63, 3.8) is 0 Å². The molecule has 166 valence electrons. The number of aromatic amines is 1. The van der Waals surface area contributed by atoms with Gasteiger partial charge in [-0.15, -0.1) is 5.10 Å². The molecule has 3 aromatic rings. The number of carbonyl (C=O) groups is 1. The first-order valence-electron chi connectivity index (χ1n) is 10.4. The Labute approximate surface area is 189 Å². The van der Waals surface area contributed by atoms with Crippen LogP contribution in [0.3, 0.4) is 0 Å². The summed E-state index contributed by atoms with van der Waals surface area (Å²) in [4.78, 5) is 24.9. The third-order valence-electron chi connectivity index (χ3n) is 5.56. The van der Waals surface area contributed by atoms with Gasteiger partial charge < -0.3 is 10.1 Å². The zero-order chi connectivity index (χ0) is 22.7. The fourth-order valence-electron chi connectivity index (χ4n) is 3.83. The van der Waals surface area contributed by atoms with Crippen molar-refractivity contribution < 1.29 is 9.53 Å². The van der Waals surface area contributed by atoms with E-state index in [0.717, 1.165) is 29.8 Å². The number of hydrogen-bond donors (Lipinski definition) is 2. The number of para-hydroxylation sites is 1. The van der Waals surface area contributed by atoms with E-state index in [9.17, 15) is 14.9 Å². The lowest BCUT2D eigenvalue weighted by Gasteiger charge is -2.13. The smallest absolute Gasteiger partial charge is 0.344 e. The van der Waals surface area contributed by atoms with Crippen molar-refractivity contribution in [1.82, 2.24) is 19.3 Å². The van der Waals surface area contributed by atoms with E-state index < -0.39 is 0 Å². The highest BCUT2D eigenvalue weighted by molar-refractivity contribution is 7.99. The van der Waals surface area contributed by atoms with Crippen LogP contribution < -0.4 is 11.0 Å². The number of nitrogens with one attached hydrogen (secondary N) is 2. The molecule has 2 N–H and O–H groups in total. The molecule has 32 heavy (non-hydrogen) atoms. The highest BCUT2D eigenvalue weighted by atomic mass is 32.2. The van der Waals surface area contributed by atoms with Gasteiger partial charge in [0.1, 0.15) is 11.9 Å². The molecule has 1 saturated heterocycles. The predicted octanol–water partition coefficient (Wildman–Crippen LogP) is 2.76. The summed E-state index contributed by atoms with van der Waals surface area (Å²) in [5.41, 5.74) is 2.67. The first kappa shape index (κ1) is 21.9. The Kier molecular flexibility index (Phi) is 6.48. The molecule has 1 aliphatic rings. The van der Waals surface area contributed by atoms with Crippen LogP contribution in [0.4, 0.5) is 5.82 Å². The molecule has 10 heteroatoms. The van der Waals surface area contributed by atoms with Gasteiger partial charge in [-0.25, -0.2) is 9.89 Å². The van der Waals surface area contributed by atoms with E-state index in [-0.39, 0.29) is 23.5 Å². The molecule has 2 aromatic heterocycles. The summed E-state index contributed by atoms with van der Waals surface area (Å²) in [5.74, 6) is 0.192. The van der Waals surface area contributed by atoms with E-state index in [4.69, 9.17) is 4.74 Å². The number of ether oxygens (including phenoxy) is 1. The number of thioether (sulfide) groups is 1. The second kappa shape index (κ2) is 9.46. The molecule has 1 atom stereocenters. The first-order valence-corrected chi connectivity index (χ1v) is 11.3. The van der Waals surface area contributed by atoms with E-state index in [1.165, 1.54) is 16.3 Å². The van der Waals surface area contributed by atoms with Gasteiger partial charge in [-0.3, -0.25) is 13.9 Å². The summed E-state index contributed by atoms with van der Waals surface area (Å²) in [6.07, 6.45) is 1.86. The summed E-state index contributed by atoms with van der Waals surface area (Å²) >= 11 is 1.17. The van der Waals surface area contributed by atoms with Crippen molar-refractivity contribution >= 4 is 23.5 Å². The fraction of sp³-hybridized carbons (Fsp3) is 0.364. The standard InChI is InChI=1S/C22H24N6O3S/c1-14-15(2)28(16-7-4-3-5-8-16)20(18(14)11-23)24-19(29)13-32-22-26-25-21(30)27(22)12-17-9-6-10-31-17/h3-5,7-8,17H,6,9-10,12-13H2,1-2H3,(H,24,29)(H,25,30). The lowest BCUT2D eigenvalue weighted by atomic mass is 10.2. The van der Waals surface area contributed by atoms with Crippen LogP contribution in [0.5, 0.6) is 0 Å². The Morgan fingerprint density at radius 1 is 1.38 bits per heavy atom. The fourth-order valence-corrected chi connectivity index (χ4v) is 4.58. The van der Waals surface area contributed by atoms with Crippen LogP contribution in [0.1, 0.15) is 29.7 Å². The molecule has 0 saturated carbocycles. The van der Waals surface area contributed by atoms with E-state index in [1.807, 2.05) is 48.7 Å². The normalized spacial score (nSPS) is 15.6. The van der Waals surface area contributed by atoms with Gasteiger partial charge in [0, 0.05) is 18.0 Å². The number of H-pyrrole nitrogens is 1.